The Balaban J connectivity index is 1.62. The van der Waals surface area contributed by atoms with Gasteiger partial charge in [-0.1, -0.05) is 39.4 Å². The molecule has 0 fully saturated rings. The maximum absolute atomic E-state index is 12.6. The molecule has 4 aromatic rings. The molecule has 0 unspecified atom stereocenters. The fourth-order valence-electron chi connectivity index (χ4n) is 4.38. The molecular weight excluding hydrogens is 985 g/mol. The molecule has 0 saturated carbocycles. The molecule has 0 spiro atoms. The Bertz CT molecular complexity index is 2520. The van der Waals surface area contributed by atoms with Crippen molar-refractivity contribution in [2.45, 2.75) is 9.79 Å². The summed E-state index contributed by atoms with van der Waals surface area (Å²) >= 11 is 1.86. The van der Waals surface area contributed by atoms with E-state index in [9.17, 15) is 29.8 Å². The molecule has 30 nitrogen and oxygen atoms in total. The van der Waals surface area contributed by atoms with Gasteiger partial charge in [-0.15, -0.1) is 13.0 Å². The van der Waals surface area contributed by atoms with Crippen molar-refractivity contribution in [2.24, 2.45) is 9.98 Å². The van der Waals surface area contributed by atoms with Crippen molar-refractivity contribution in [1.82, 2.24) is 29.9 Å². The molecule has 36 heteroatoms. The van der Waals surface area contributed by atoms with Crippen LogP contribution in [-0.2, 0) is 58.5 Å². The Morgan fingerprint density at radius 2 is 1.06 bits per heavy atom. The molecule has 4 rings (SSSR count). The highest BCUT2D eigenvalue weighted by Gasteiger charge is 2.17. The number of aromatic nitrogens is 6. The van der Waals surface area contributed by atoms with Crippen molar-refractivity contribution >= 4 is 138 Å². The van der Waals surface area contributed by atoms with E-state index in [1.54, 1.807) is 0 Å². The van der Waals surface area contributed by atoms with E-state index in [0.29, 0.717) is 41.7 Å². The van der Waals surface area contributed by atoms with E-state index in [2.05, 4.69) is 89.3 Å². The predicted molar refractivity (Wildman–Crippen MR) is 229 cm³/mol. The first-order chi connectivity index (χ1) is 30.4. The Hall–Kier alpha value is -4.84. The van der Waals surface area contributed by atoms with Crippen LogP contribution in [0.5, 0.6) is 0 Å². The number of rotatable bonds is 28. The van der Waals surface area contributed by atoms with E-state index in [0.717, 1.165) is 6.07 Å². The molecule has 10 N–H and O–H groups in total. The van der Waals surface area contributed by atoms with Crippen LogP contribution >= 0.6 is 36.1 Å². The quantitative estimate of drug-likeness (QED) is 0.00739. The summed E-state index contributed by atoms with van der Waals surface area (Å²) in [5.41, 5.74) is 0.647. The summed E-state index contributed by atoms with van der Waals surface area (Å²) in [6.45, 7) is -0.668. The minimum atomic E-state index is -4.89. The molecular formula is C28H32N12O18S6. The summed E-state index contributed by atoms with van der Waals surface area (Å²) in [5.74, 6) is -2.35. The van der Waals surface area contributed by atoms with Crippen LogP contribution in [0, 0.1) is 0 Å². The van der Waals surface area contributed by atoms with Gasteiger partial charge in [-0.3, -0.25) is 13.7 Å². The lowest BCUT2D eigenvalue weighted by molar-refractivity contribution is -0.432. The van der Waals surface area contributed by atoms with Crippen LogP contribution in [0.4, 0.5) is 47.1 Å². The van der Waals surface area contributed by atoms with Crippen LogP contribution in [-0.4, -0.2) is 133 Å². The normalized spacial score (nSPS) is 12.4. The predicted octanol–water partition coefficient (Wildman–Crippen LogP) is 3.53. The van der Waals surface area contributed by atoms with Crippen LogP contribution in [0.3, 0.4) is 0 Å². The highest BCUT2D eigenvalue weighted by molar-refractivity contribution is 7.95. The zero-order valence-electron chi connectivity index (χ0n) is 31.6. The molecule has 0 atom stereocenters. The summed E-state index contributed by atoms with van der Waals surface area (Å²) in [6, 6.07) is 8.28. The standard InChI is InChI=1S/C28H32N12O18S6/c41-53-56-59-11-7-29-23-35-24(30-8-12-60-57-54-42)38-28(37-23)34-20-6-4-18(22(16-20)64(50,51)52)2-1-17-3-5-19(15-21(17)61-58-55-43)33-27-39-25(31-9-13-62(44,45)46)36-26(40-27)32-10-14-63(47,48)49/h1-8,15-16,41-43H,9-14H2,(H,44,45,46)(H,47,48,49)(H,50,51,52)(H,34,35,37,38)(H3,31,32,33,36,39,40)/b2-1+,29-7+,30-8+. The van der Waals surface area contributed by atoms with Gasteiger partial charge in [-0.05, 0) is 35.4 Å². The van der Waals surface area contributed by atoms with Crippen molar-refractivity contribution in [2.75, 3.05) is 57.4 Å². The number of benzene rings is 2. The first-order valence-electron chi connectivity index (χ1n) is 16.7. The lowest BCUT2D eigenvalue weighted by Crippen LogP contribution is -2.19. The fourth-order valence-corrected chi connectivity index (χ4v) is 6.79. The van der Waals surface area contributed by atoms with Crippen molar-refractivity contribution in [3.63, 3.8) is 0 Å². The van der Waals surface area contributed by atoms with Crippen LogP contribution in [0.2, 0.25) is 0 Å². The monoisotopic (exact) mass is 1020 g/mol. The van der Waals surface area contributed by atoms with Crippen LogP contribution < -0.4 is 21.3 Å². The summed E-state index contributed by atoms with van der Waals surface area (Å²) in [6.07, 6.45) is 5.35. The number of nitrogens with one attached hydrogen (secondary N) is 4. The first kappa shape index (κ1) is 51.8. The van der Waals surface area contributed by atoms with Crippen LogP contribution in [0.1, 0.15) is 11.1 Å². The number of aliphatic imine (C=N–C) groups is 2. The molecule has 0 aliphatic carbocycles. The molecule has 348 valence electrons. The van der Waals surface area contributed by atoms with E-state index in [1.807, 2.05) is 0 Å². The smallest absolute Gasteiger partial charge is 0.295 e. The average Bonchev–Trinajstić information content (AvgIpc) is 3.21. The van der Waals surface area contributed by atoms with Gasteiger partial charge in [0.25, 0.3) is 42.3 Å². The van der Waals surface area contributed by atoms with Gasteiger partial charge in [0.05, 0.1) is 35.1 Å². The third-order valence-corrected chi connectivity index (χ3v) is 10.7. The largest absolute Gasteiger partial charge is 0.353 e. The SMILES string of the molecule is O=S(=O)(O)CCNc1nc(NCCS(=O)(=O)O)nc(Nc2ccc(/C=C/c3ccc(Nc4nc(/N=C/CSOOO)nc(/N=C/CSOOO)n4)cc3S(=O)(=O)O)c(SOOO)c2)n1. The molecule has 0 bridgehead atoms. The average molecular weight is 1020 g/mol. The maximum atomic E-state index is 12.6. The Morgan fingerprint density at radius 3 is 1.56 bits per heavy atom. The Morgan fingerprint density at radius 1 is 0.594 bits per heavy atom. The molecule has 2 aromatic carbocycles. The van der Waals surface area contributed by atoms with Gasteiger partial charge in [0.1, 0.15) is 4.90 Å². The molecule has 0 radical (unpaired) electrons. The zero-order chi connectivity index (χ0) is 46.6. The van der Waals surface area contributed by atoms with E-state index in [4.69, 9.17) is 24.9 Å². The number of hydrogen-bond acceptors (Lipinski definition) is 30. The molecule has 0 aliphatic rings. The van der Waals surface area contributed by atoms with Gasteiger partial charge < -0.3 is 21.3 Å². The zero-order valence-corrected chi connectivity index (χ0v) is 36.5. The van der Waals surface area contributed by atoms with E-state index < -0.39 is 46.8 Å². The van der Waals surface area contributed by atoms with Gasteiger partial charge in [-0.25, -0.2) is 25.8 Å². The molecule has 2 heterocycles. The molecule has 0 amide bonds. The van der Waals surface area contributed by atoms with Crippen molar-refractivity contribution in [3.8, 4) is 0 Å². The topological polar surface area (TPSA) is 429 Å². The fraction of sp³-hybridized carbons (Fsp3) is 0.214. The number of anilines is 6. The van der Waals surface area contributed by atoms with Crippen LogP contribution in [0.25, 0.3) is 12.2 Å². The third-order valence-electron chi connectivity index (χ3n) is 6.80. The molecule has 64 heavy (non-hydrogen) atoms. The van der Waals surface area contributed by atoms with E-state index in [1.165, 1.54) is 54.9 Å². The summed E-state index contributed by atoms with van der Waals surface area (Å²) in [4.78, 5) is 32.4. The first-order valence-corrected chi connectivity index (χ1v) is 23.9. The Labute approximate surface area is 373 Å². The summed E-state index contributed by atoms with van der Waals surface area (Å²) in [5, 5.41) is 46.9. The van der Waals surface area contributed by atoms with Crippen molar-refractivity contribution < 1.29 is 82.8 Å². The minimum Gasteiger partial charge on any atom is -0.353 e. The van der Waals surface area contributed by atoms with E-state index >= 15 is 0 Å². The lowest BCUT2D eigenvalue weighted by atomic mass is 10.1. The molecule has 2 aromatic heterocycles. The second kappa shape index (κ2) is 25.6. The summed E-state index contributed by atoms with van der Waals surface area (Å²) in [7, 11) is -13.6. The number of nitrogens with zero attached hydrogens (tertiary/aromatic N) is 8. The highest BCUT2D eigenvalue weighted by atomic mass is 32.2. The van der Waals surface area contributed by atoms with Crippen molar-refractivity contribution in [1.29, 1.82) is 0 Å². The van der Waals surface area contributed by atoms with Crippen LogP contribution in [0.15, 0.2) is 56.2 Å². The maximum Gasteiger partial charge on any atom is 0.295 e. The molecule has 0 aliphatic heterocycles. The minimum absolute atomic E-state index is 0.0110. The number of hydrogen-bond donors (Lipinski definition) is 10. The van der Waals surface area contributed by atoms with Gasteiger partial charge in [0.2, 0.25) is 23.8 Å². The lowest BCUT2D eigenvalue weighted by Gasteiger charge is -2.12. The Kier molecular flexibility index (Phi) is 20.7. The van der Waals surface area contributed by atoms with Gasteiger partial charge in [0.15, 0.2) is 0 Å². The van der Waals surface area contributed by atoms with Crippen molar-refractivity contribution in [3.05, 3.63) is 47.5 Å². The second-order valence-corrected chi connectivity index (χ2v) is 17.9. The second-order valence-electron chi connectivity index (χ2n) is 11.3. The van der Waals surface area contributed by atoms with Gasteiger partial charge >= 0.3 is 0 Å². The highest BCUT2D eigenvalue weighted by Crippen LogP contribution is 2.31. The van der Waals surface area contributed by atoms with Gasteiger partial charge in [0, 0.05) is 65.9 Å². The third kappa shape index (κ3) is 19.5. The van der Waals surface area contributed by atoms with E-state index in [-0.39, 0.29) is 82.1 Å². The summed E-state index contributed by atoms with van der Waals surface area (Å²) < 4.78 is 111. The van der Waals surface area contributed by atoms with Gasteiger partial charge in [-0.2, -0.15) is 55.2 Å². The molecule has 0 saturated heterocycles.